The van der Waals surface area contributed by atoms with E-state index in [1.165, 1.54) is 10.7 Å². The van der Waals surface area contributed by atoms with Crippen LogP contribution in [0.4, 0.5) is 4.39 Å². The summed E-state index contributed by atoms with van der Waals surface area (Å²) in [5.41, 5.74) is 1.71. The molecule has 1 unspecified atom stereocenters. The Kier molecular flexibility index (Phi) is 5.73. The predicted molar refractivity (Wildman–Crippen MR) is 90.6 cm³/mol. The summed E-state index contributed by atoms with van der Waals surface area (Å²) in [7, 11) is 1.74. The Labute approximate surface area is 146 Å². The van der Waals surface area contributed by atoms with Crippen LogP contribution in [0.15, 0.2) is 18.2 Å². The highest BCUT2D eigenvalue weighted by Crippen LogP contribution is 2.21. The molecule has 0 N–H and O–H groups in total. The third kappa shape index (κ3) is 4.60. The summed E-state index contributed by atoms with van der Waals surface area (Å²) in [5, 5.41) is 4.25. The van der Waals surface area contributed by atoms with Gasteiger partial charge in [-0.2, -0.15) is 5.10 Å². The molecule has 1 aliphatic heterocycles. The molecule has 134 valence electrons. The number of esters is 1. The first-order chi connectivity index (χ1) is 12.0. The molecule has 1 aromatic carbocycles. The van der Waals surface area contributed by atoms with Gasteiger partial charge in [0.05, 0.1) is 24.9 Å². The second-order valence-corrected chi connectivity index (χ2v) is 6.73. The number of nitrogens with zero attached hydrogens (tertiary/aromatic N) is 3. The van der Waals surface area contributed by atoms with Crippen molar-refractivity contribution in [2.24, 2.45) is 7.05 Å². The molecule has 1 fully saturated rings. The molecule has 0 amide bonds. The molecule has 2 aromatic rings. The van der Waals surface area contributed by atoms with E-state index in [0.29, 0.717) is 30.2 Å². The van der Waals surface area contributed by atoms with Gasteiger partial charge in [0.15, 0.2) is 17.7 Å². The molecule has 0 bridgehead atoms. The topological polar surface area (TPSA) is 75.5 Å². The highest BCUT2D eigenvalue weighted by Gasteiger charge is 2.19. The van der Waals surface area contributed by atoms with Crippen molar-refractivity contribution in [2.45, 2.75) is 13.2 Å². The standard InChI is InChI=1S/C16H19FN3O4P/c1-10-3-4-11(12(17)7-10)15-18-16(19-20(15)2)25-9-13(21)24-8-14-22-5-6-23-14/h3-4,7,14,25H,5-6,8-9H2,1-2H3. The van der Waals surface area contributed by atoms with E-state index in [1.54, 1.807) is 13.1 Å². The van der Waals surface area contributed by atoms with Crippen molar-refractivity contribution in [2.75, 3.05) is 26.0 Å². The van der Waals surface area contributed by atoms with E-state index in [4.69, 9.17) is 14.2 Å². The zero-order chi connectivity index (χ0) is 17.8. The van der Waals surface area contributed by atoms with Gasteiger partial charge in [-0.05, 0) is 33.2 Å². The van der Waals surface area contributed by atoms with E-state index < -0.39 is 6.29 Å². The summed E-state index contributed by atoms with van der Waals surface area (Å²) in [6.45, 7) is 2.93. The molecule has 0 spiro atoms. The number of hydrogen-bond donors (Lipinski definition) is 0. The van der Waals surface area contributed by atoms with Crippen LogP contribution < -0.4 is 5.57 Å². The van der Waals surface area contributed by atoms with Crippen LogP contribution in [0.25, 0.3) is 11.4 Å². The van der Waals surface area contributed by atoms with Crippen molar-refractivity contribution in [1.82, 2.24) is 14.8 Å². The summed E-state index contributed by atoms with van der Waals surface area (Å²) in [6.07, 6.45) is -0.316. The first kappa shape index (κ1) is 17.9. The van der Waals surface area contributed by atoms with Crippen LogP contribution in [0.5, 0.6) is 0 Å². The monoisotopic (exact) mass is 367 g/mol. The van der Waals surface area contributed by atoms with Gasteiger partial charge in [-0.15, -0.1) is 0 Å². The molecular formula is C16H19FN3O4P. The number of halogens is 1. The van der Waals surface area contributed by atoms with E-state index in [2.05, 4.69) is 10.1 Å². The number of rotatable bonds is 6. The SMILES string of the molecule is Cc1ccc(-c2nc(PCC(=O)OCC3OCCO3)nn2C)c(F)c1. The highest BCUT2D eigenvalue weighted by atomic mass is 31.1. The molecule has 25 heavy (non-hydrogen) atoms. The van der Waals surface area contributed by atoms with Crippen molar-refractivity contribution < 1.29 is 23.4 Å². The summed E-state index contributed by atoms with van der Waals surface area (Å²) in [4.78, 5) is 16.1. The first-order valence-electron chi connectivity index (χ1n) is 7.83. The van der Waals surface area contributed by atoms with Gasteiger partial charge in [-0.25, -0.2) is 14.1 Å². The lowest BCUT2D eigenvalue weighted by molar-refractivity contribution is -0.152. The second kappa shape index (κ2) is 7.99. The molecular weight excluding hydrogens is 348 g/mol. The maximum absolute atomic E-state index is 14.1. The van der Waals surface area contributed by atoms with Gasteiger partial charge in [-0.1, -0.05) is 6.07 Å². The van der Waals surface area contributed by atoms with Crippen LogP contribution in [-0.4, -0.2) is 53.0 Å². The van der Waals surface area contributed by atoms with Gasteiger partial charge in [0.2, 0.25) is 0 Å². The number of ether oxygens (including phenoxy) is 3. The molecule has 1 saturated heterocycles. The predicted octanol–water partition coefficient (Wildman–Crippen LogP) is 1.15. The van der Waals surface area contributed by atoms with Gasteiger partial charge in [0.25, 0.3) is 0 Å². The number of carbonyl (C=O) groups excluding carboxylic acids is 1. The zero-order valence-electron chi connectivity index (χ0n) is 14.0. The molecule has 0 aliphatic carbocycles. The average Bonchev–Trinajstić information content (AvgIpc) is 3.21. The molecule has 1 aromatic heterocycles. The molecule has 0 radical (unpaired) electrons. The fourth-order valence-corrected chi connectivity index (χ4v) is 3.17. The fourth-order valence-electron chi connectivity index (χ4n) is 2.36. The third-order valence-corrected chi connectivity index (χ3v) is 4.58. The quantitative estimate of drug-likeness (QED) is 0.563. The van der Waals surface area contributed by atoms with Crippen molar-refractivity contribution in [3.63, 3.8) is 0 Å². The maximum atomic E-state index is 14.1. The fraction of sp³-hybridized carbons (Fsp3) is 0.438. The Morgan fingerprint density at radius 3 is 2.92 bits per heavy atom. The second-order valence-electron chi connectivity index (χ2n) is 5.57. The molecule has 1 aliphatic rings. The lowest BCUT2D eigenvalue weighted by atomic mass is 10.1. The lowest BCUT2D eigenvalue weighted by Gasteiger charge is -2.09. The lowest BCUT2D eigenvalue weighted by Crippen LogP contribution is -2.20. The van der Waals surface area contributed by atoms with Gasteiger partial charge < -0.3 is 14.2 Å². The molecule has 0 saturated carbocycles. The van der Waals surface area contributed by atoms with Gasteiger partial charge in [-0.3, -0.25) is 4.79 Å². The van der Waals surface area contributed by atoms with E-state index in [0.717, 1.165) is 5.56 Å². The maximum Gasteiger partial charge on any atom is 0.310 e. The van der Waals surface area contributed by atoms with Crippen LogP contribution in [-0.2, 0) is 26.1 Å². The Morgan fingerprint density at radius 1 is 1.44 bits per heavy atom. The summed E-state index contributed by atoms with van der Waals surface area (Å²) < 4.78 is 31.1. The number of aryl methyl sites for hydroxylation is 2. The van der Waals surface area contributed by atoms with E-state index in [1.807, 2.05) is 13.0 Å². The summed E-state index contributed by atoms with van der Waals surface area (Å²) in [5.74, 6) is -0.282. The zero-order valence-corrected chi connectivity index (χ0v) is 15.0. The van der Waals surface area contributed by atoms with E-state index in [-0.39, 0.29) is 33.1 Å². The Morgan fingerprint density at radius 2 is 2.20 bits per heavy atom. The summed E-state index contributed by atoms with van der Waals surface area (Å²) >= 11 is 0. The van der Waals surface area contributed by atoms with Crippen molar-refractivity contribution in [3.8, 4) is 11.4 Å². The van der Waals surface area contributed by atoms with Crippen LogP contribution in [0.3, 0.4) is 0 Å². The first-order valence-corrected chi connectivity index (χ1v) is 9.04. The van der Waals surface area contributed by atoms with Crippen LogP contribution >= 0.6 is 8.58 Å². The van der Waals surface area contributed by atoms with Crippen LogP contribution in [0.2, 0.25) is 0 Å². The average molecular weight is 367 g/mol. The molecule has 7 nitrogen and oxygen atoms in total. The molecule has 3 rings (SSSR count). The number of benzene rings is 1. The molecule has 9 heteroatoms. The summed E-state index contributed by atoms with van der Waals surface area (Å²) in [6, 6.07) is 4.95. The normalized spacial score (nSPS) is 15.3. The van der Waals surface area contributed by atoms with Crippen molar-refractivity contribution in [3.05, 3.63) is 29.6 Å². The van der Waals surface area contributed by atoms with Crippen molar-refractivity contribution in [1.29, 1.82) is 0 Å². The molecule has 2 heterocycles. The number of carbonyl (C=O) groups is 1. The van der Waals surface area contributed by atoms with Gasteiger partial charge >= 0.3 is 5.97 Å². The van der Waals surface area contributed by atoms with E-state index in [9.17, 15) is 9.18 Å². The van der Waals surface area contributed by atoms with Gasteiger partial charge in [0, 0.05) is 7.05 Å². The van der Waals surface area contributed by atoms with Gasteiger partial charge in [0.1, 0.15) is 12.4 Å². The highest BCUT2D eigenvalue weighted by molar-refractivity contribution is 7.47. The smallest absolute Gasteiger partial charge is 0.310 e. The Bertz CT molecular complexity index is 762. The Balaban J connectivity index is 1.57. The van der Waals surface area contributed by atoms with E-state index >= 15 is 0 Å². The van der Waals surface area contributed by atoms with Crippen LogP contribution in [0, 0.1) is 12.7 Å². The van der Waals surface area contributed by atoms with Crippen LogP contribution in [0.1, 0.15) is 5.56 Å². The minimum absolute atomic E-state index is 0.0400. The minimum Gasteiger partial charge on any atom is -0.460 e. The third-order valence-electron chi connectivity index (χ3n) is 3.59. The number of hydrogen-bond acceptors (Lipinski definition) is 6. The molecule has 1 atom stereocenters. The largest absolute Gasteiger partial charge is 0.460 e. The Hall–Kier alpha value is -1.89. The van der Waals surface area contributed by atoms with Crippen molar-refractivity contribution >= 4 is 20.1 Å². The minimum atomic E-state index is -0.476. The number of aromatic nitrogens is 3.